The zero-order valence-electron chi connectivity index (χ0n) is 15.8. The molecule has 6 nitrogen and oxygen atoms in total. The summed E-state index contributed by atoms with van der Waals surface area (Å²) in [6.45, 7) is 8.19. The molecule has 0 saturated carbocycles. The molecule has 3 rings (SSSR count). The molecule has 3 N–H and O–H groups in total. The van der Waals surface area contributed by atoms with Crippen LogP contribution in [0.25, 0.3) is 10.9 Å². The number of hydrogen-bond acceptors (Lipinski definition) is 3. The Bertz CT molecular complexity index is 1090. The molecule has 2 aromatic carbocycles. The van der Waals surface area contributed by atoms with Crippen molar-refractivity contribution < 1.29 is 13.2 Å². The first-order valence-corrected chi connectivity index (χ1v) is 10.1. The molecule has 0 bridgehead atoms. The molecular weight excluding hydrogens is 362 g/mol. The zero-order chi connectivity index (χ0) is 19.8. The maximum Gasteiger partial charge on any atom is 0.333 e. The van der Waals surface area contributed by atoms with Crippen LogP contribution < -0.4 is 10.0 Å². The molecule has 1 heterocycles. The Labute approximate surface area is 159 Å². The summed E-state index contributed by atoms with van der Waals surface area (Å²) < 4.78 is 26.6. The van der Waals surface area contributed by atoms with E-state index in [2.05, 4.69) is 31.1 Å². The minimum Gasteiger partial charge on any atom is -0.358 e. The Balaban J connectivity index is 1.76. The number of aromatic amines is 1. The molecule has 0 aliphatic carbocycles. The van der Waals surface area contributed by atoms with Crippen molar-refractivity contribution in [2.24, 2.45) is 0 Å². The number of urea groups is 1. The first-order chi connectivity index (χ1) is 12.5. The van der Waals surface area contributed by atoms with E-state index in [1.165, 1.54) is 12.1 Å². The molecule has 0 aliphatic rings. The summed E-state index contributed by atoms with van der Waals surface area (Å²) in [5.41, 5.74) is 3.47. The molecule has 1 aromatic heterocycles. The van der Waals surface area contributed by atoms with Gasteiger partial charge in [-0.15, -0.1) is 0 Å². The Morgan fingerprint density at radius 3 is 2.30 bits per heavy atom. The lowest BCUT2D eigenvalue weighted by Gasteiger charge is -2.15. The van der Waals surface area contributed by atoms with Crippen LogP contribution in [-0.4, -0.2) is 19.4 Å². The van der Waals surface area contributed by atoms with Crippen LogP contribution in [0.4, 0.5) is 10.5 Å². The SMILES string of the molecule is Cc1ccc(S(=O)(=O)NC(=O)Nc2ccc3[nH]c(C(C)(C)C)cc3c2)cc1. The molecule has 0 fully saturated rings. The number of anilines is 1. The highest BCUT2D eigenvalue weighted by Crippen LogP contribution is 2.27. The van der Waals surface area contributed by atoms with E-state index in [1.54, 1.807) is 24.3 Å². The Morgan fingerprint density at radius 2 is 1.67 bits per heavy atom. The maximum absolute atomic E-state index is 12.3. The maximum atomic E-state index is 12.3. The van der Waals surface area contributed by atoms with E-state index < -0.39 is 16.1 Å². The topological polar surface area (TPSA) is 91.1 Å². The third kappa shape index (κ3) is 4.31. The number of carbonyl (C=O) groups is 1. The van der Waals surface area contributed by atoms with Gasteiger partial charge in [0, 0.05) is 27.7 Å². The largest absolute Gasteiger partial charge is 0.358 e. The highest BCUT2D eigenvalue weighted by molar-refractivity contribution is 7.90. The molecule has 0 radical (unpaired) electrons. The fraction of sp³-hybridized carbons (Fsp3) is 0.250. The Hall–Kier alpha value is -2.80. The highest BCUT2D eigenvalue weighted by atomic mass is 32.2. The summed E-state index contributed by atoms with van der Waals surface area (Å²) in [7, 11) is -3.92. The lowest BCUT2D eigenvalue weighted by Crippen LogP contribution is -2.34. The van der Waals surface area contributed by atoms with E-state index in [0.717, 1.165) is 22.2 Å². The van der Waals surface area contributed by atoms with Gasteiger partial charge in [-0.25, -0.2) is 17.9 Å². The van der Waals surface area contributed by atoms with Crippen molar-refractivity contribution in [1.82, 2.24) is 9.71 Å². The lowest BCUT2D eigenvalue weighted by molar-refractivity contribution is 0.256. The second kappa shape index (κ2) is 6.74. The van der Waals surface area contributed by atoms with Crippen molar-refractivity contribution in [2.45, 2.75) is 38.0 Å². The van der Waals surface area contributed by atoms with Gasteiger partial charge in [0.2, 0.25) is 0 Å². The Morgan fingerprint density at radius 1 is 1.00 bits per heavy atom. The first kappa shape index (κ1) is 19.0. The first-order valence-electron chi connectivity index (χ1n) is 8.58. The number of aryl methyl sites for hydroxylation is 1. The van der Waals surface area contributed by atoms with Gasteiger partial charge in [0.05, 0.1) is 4.90 Å². The summed E-state index contributed by atoms with van der Waals surface area (Å²) in [5, 5.41) is 3.52. The van der Waals surface area contributed by atoms with Crippen LogP contribution in [0.2, 0.25) is 0 Å². The average molecular weight is 385 g/mol. The average Bonchev–Trinajstić information content (AvgIpc) is 2.98. The van der Waals surface area contributed by atoms with Gasteiger partial charge in [-0.3, -0.25) is 0 Å². The molecule has 0 atom stereocenters. The molecular formula is C20H23N3O3S. The minimum atomic E-state index is -3.92. The van der Waals surface area contributed by atoms with E-state index in [9.17, 15) is 13.2 Å². The number of H-pyrrole nitrogens is 1. The number of aromatic nitrogens is 1. The summed E-state index contributed by atoms with van der Waals surface area (Å²) in [4.78, 5) is 15.6. The van der Waals surface area contributed by atoms with E-state index in [0.29, 0.717) is 5.69 Å². The van der Waals surface area contributed by atoms with Crippen molar-refractivity contribution in [2.75, 3.05) is 5.32 Å². The Kier molecular flexibility index (Phi) is 4.73. The van der Waals surface area contributed by atoms with Crippen LogP contribution in [0.15, 0.2) is 53.4 Å². The number of nitrogens with one attached hydrogen (secondary N) is 3. The number of hydrogen-bond donors (Lipinski definition) is 3. The van der Waals surface area contributed by atoms with Gasteiger partial charge >= 0.3 is 6.03 Å². The van der Waals surface area contributed by atoms with Gasteiger partial charge in [-0.1, -0.05) is 38.5 Å². The molecule has 3 aromatic rings. The fourth-order valence-electron chi connectivity index (χ4n) is 2.67. The van der Waals surface area contributed by atoms with E-state index in [1.807, 2.05) is 23.8 Å². The number of benzene rings is 2. The summed E-state index contributed by atoms with van der Waals surface area (Å²) in [6, 6.07) is 12.9. The van der Waals surface area contributed by atoms with Gasteiger partial charge in [0.25, 0.3) is 10.0 Å². The van der Waals surface area contributed by atoms with Gasteiger partial charge in [0.1, 0.15) is 0 Å². The van der Waals surface area contributed by atoms with Gasteiger partial charge in [0.15, 0.2) is 0 Å². The summed E-state index contributed by atoms with van der Waals surface area (Å²) >= 11 is 0. The van der Waals surface area contributed by atoms with Gasteiger partial charge < -0.3 is 10.3 Å². The van der Waals surface area contributed by atoms with Crippen molar-refractivity contribution in [1.29, 1.82) is 0 Å². The third-order valence-corrected chi connectivity index (χ3v) is 5.59. The van der Waals surface area contributed by atoms with Crippen LogP contribution in [0.5, 0.6) is 0 Å². The van der Waals surface area contributed by atoms with Crippen LogP contribution in [-0.2, 0) is 15.4 Å². The summed E-state index contributed by atoms with van der Waals surface area (Å²) in [5.74, 6) is 0. The lowest BCUT2D eigenvalue weighted by atomic mass is 9.92. The normalized spacial score (nSPS) is 12.1. The van der Waals surface area contributed by atoms with Crippen LogP contribution >= 0.6 is 0 Å². The standard InChI is InChI=1S/C20H23N3O3S/c1-13-5-8-16(9-6-13)27(25,26)23-19(24)21-15-7-10-17-14(11-15)12-18(22-17)20(2,3)4/h5-12,22H,1-4H3,(H2,21,23,24). The fourth-order valence-corrected chi connectivity index (χ4v) is 3.58. The van der Waals surface area contributed by atoms with E-state index in [4.69, 9.17) is 0 Å². The number of sulfonamides is 1. The van der Waals surface area contributed by atoms with Crippen molar-refractivity contribution >= 4 is 32.6 Å². The number of fused-ring (bicyclic) bond motifs is 1. The molecule has 0 aliphatic heterocycles. The number of rotatable bonds is 3. The van der Waals surface area contributed by atoms with E-state index >= 15 is 0 Å². The second-order valence-electron chi connectivity index (χ2n) is 7.61. The van der Waals surface area contributed by atoms with Crippen molar-refractivity contribution in [3.8, 4) is 0 Å². The quantitative estimate of drug-likeness (QED) is 0.628. The number of carbonyl (C=O) groups excluding carboxylic acids is 1. The highest BCUT2D eigenvalue weighted by Gasteiger charge is 2.18. The monoisotopic (exact) mass is 385 g/mol. The molecule has 27 heavy (non-hydrogen) atoms. The predicted molar refractivity (Wildman–Crippen MR) is 108 cm³/mol. The van der Waals surface area contributed by atoms with Crippen molar-refractivity contribution in [3.05, 3.63) is 59.8 Å². The molecule has 7 heteroatoms. The number of amides is 2. The van der Waals surface area contributed by atoms with E-state index in [-0.39, 0.29) is 10.3 Å². The molecule has 2 amide bonds. The van der Waals surface area contributed by atoms with Gasteiger partial charge in [-0.05, 0) is 43.3 Å². The molecule has 0 spiro atoms. The zero-order valence-corrected chi connectivity index (χ0v) is 16.6. The minimum absolute atomic E-state index is 0.0217. The molecule has 142 valence electrons. The van der Waals surface area contributed by atoms with Gasteiger partial charge in [-0.2, -0.15) is 0 Å². The van der Waals surface area contributed by atoms with Crippen LogP contribution in [0.1, 0.15) is 32.0 Å². The summed E-state index contributed by atoms with van der Waals surface area (Å²) in [6.07, 6.45) is 0. The third-order valence-electron chi connectivity index (χ3n) is 4.24. The smallest absolute Gasteiger partial charge is 0.333 e. The molecule has 0 unspecified atom stereocenters. The predicted octanol–water partition coefficient (Wildman–Crippen LogP) is 4.28. The second-order valence-corrected chi connectivity index (χ2v) is 9.29. The van der Waals surface area contributed by atoms with Crippen LogP contribution in [0, 0.1) is 6.92 Å². The van der Waals surface area contributed by atoms with Crippen molar-refractivity contribution in [3.63, 3.8) is 0 Å². The molecule has 0 saturated heterocycles. The van der Waals surface area contributed by atoms with Crippen LogP contribution in [0.3, 0.4) is 0 Å².